The SMILES string of the molecule is CCCCOc1ccccc1NC(=O)OC(COCC)CN1CCCC1. The van der Waals surface area contributed by atoms with Crippen LogP contribution in [-0.2, 0) is 9.47 Å². The van der Waals surface area contributed by atoms with Gasteiger partial charge in [-0.05, 0) is 51.4 Å². The first kappa shape index (κ1) is 20.5. The number of unbranched alkanes of at least 4 members (excludes halogenated alkanes) is 1. The van der Waals surface area contributed by atoms with Gasteiger partial charge in [0.1, 0.15) is 11.9 Å². The quantitative estimate of drug-likeness (QED) is 0.603. The number of amides is 1. The molecule has 0 bridgehead atoms. The van der Waals surface area contributed by atoms with Gasteiger partial charge in [-0.1, -0.05) is 25.5 Å². The second kappa shape index (κ2) is 11.8. The van der Waals surface area contributed by atoms with Crippen molar-refractivity contribution in [3.8, 4) is 5.75 Å². The minimum Gasteiger partial charge on any atom is -0.491 e. The molecule has 0 aliphatic carbocycles. The average molecular weight is 364 g/mol. The van der Waals surface area contributed by atoms with Crippen LogP contribution in [0.15, 0.2) is 24.3 Å². The maximum Gasteiger partial charge on any atom is 0.412 e. The Morgan fingerprint density at radius 1 is 1.23 bits per heavy atom. The summed E-state index contributed by atoms with van der Waals surface area (Å²) in [6, 6.07) is 7.43. The van der Waals surface area contributed by atoms with E-state index in [2.05, 4.69) is 17.1 Å². The molecule has 1 heterocycles. The van der Waals surface area contributed by atoms with Crippen molar-refractivity contribution in [3.63, 3.8) is 0 Å². The van der Waals surface area contributed by atoms with E-state index in [1.165, 1.54) is 12.8 Å². The van der Waals surface area contributed by atoms with Crippen molar-refractivity contribution in [2.45, 2.75) is 45.6 Å². The fraction of sp³-hybridized carbons (Fsp3) is 0.650. The van der Waals surface area contributed by atoms with E-state index < -0.39 is 6.09 Å². The number of likely N-dealkylation sites (tertiary alicyclic amines) is 1. The van der Waals surface area contributed by atoms with Crippen LogP contribution in [0.1, 0.15) is 39.5 Å². The van der Waals surface area contributed by atoms with Gasteiger partial charge in [0.15, 0.2) is 0 Å². The number of benzene rings is 1. The van der Waals surface area contributed by atoms with Crippen LogP contribution in [-0.4, -0.2) is 56.6 Å². The van der Waals surface area contributed by atoms with Crippen LogP contribution in [0.2, 0.25) is 0 Å². The van der Waals surface area contributed by atoms with Gasteiger partial charge in [0.2, 0.25) is 0 Å². The first-order valence-corrected chi connectivity index (χ1v) is 9.72. The molecule has 26 heavy (non-hydrogen) atoms. The minimum absolute atomic E-state index is 0.277. The molecule has 1 aromatic rings. The molecule has 2 rings (SSSR count). The summed E-state index contributed by atoms with van der Waals surface area (Å²) in [6.45, 7) is 8.53. The monoisotopic (exact) mass is 364 g/mol. The molecule has 1 aliphatic rings. The number of hydrogen-bond donors (Lipinski definition) is 1. The molecule has 1 aromatic carbocycles. The highest BCUT2D eigenvalue weighted by Crippen LogP contribution is 2.24. The Kier molecular flexibility index (Phi) is 9.28. The standard InChI is InChI=1S/C20H32N2O4/c1-3-5-14-25-19-11-7-6-10-18(19)21-20(23)26-17(16-24-4-2)15-22-12-8-9-13-22/h6-7,10-11,17H,3-5,8-9,12-16H2,1-2H3,(H,21,23). The number of carbonyl (C=O) groups excluding carboxylic acids is 1. The molecule has 6 heteroatoms. The van der Waals surface area contributed by atoms with Crippen molar-refractivity contribution in [2.75, 3.05) is 44.8 Å². The predicted octanol–water partition coefficient (Wildman–Crippen LogP) is 3.91. The number of anilines is 1. The zero-order valence-corrected chi connectivity index (χ0v) is 16.0. The van der Waals surface area contributed by atoms with Crippen LogP contribution in [0.5, 0.6) is 5.75 Å². The molecule has 0 spiro atoms. The number of carbonyl (C=O) groups is 1. The molecule has 1 amide bonds. The summed E-state index contributed by atoms with van der Waals surface area (Å²) in [7, 11) is 0. The van der Waals surface area contributed by atoms with Crippen molar-refractivity contribution in [1.29, 1.82) is 0 Å². The smallest absolute Gasteiger partial charge is 0.412 e. The first-order valence-electron chi connectivity index (χ1n) is 9.72. The highest BCUT2D eigenvalue weighted by atomic mass is 16.6. The molecule has 146 valence electrons. The van der Waals surface area contributed by atoms with Crippen LogP contribution in [0, 0.1) is 0 Å². The maximum atomic E-state index is 12.4. The zero-order chi connectivity index (χ0) is 18.6. The van der Waals surface area contributed by atoms with Gasteiger partial charge in [0.05, 0.1) is 18.9 Å². The van der Waals surface area contributed by atoms with Gasteiger partial charge < -0.3 is 14.2 Å². The lowest BCUT2D eigenvalue weighted by Crippen LogP contribution is -2.37. The summed E-state index contributed by atoms with van der Waals surface area (Å²) in [4.78, 5) is 14.7. The molecule has 1 saturated heterocycles. The summed E-state index contributed by atoms with van der Waals surface area (Å²) in [5, 5.41) is 2.81. The molecule has 6 nitrogen and oxygen atoms in total. The lowest BCUT2D eigenvalue weighted by Gasteiger charge is -2.23. The molecule has 0 radical (unpaired) electrons. The van der Waals surface area contributed by atoms with Crippen molar-refractivity contribution in [2.24, 2.45) is 0 Å². The van der Waals surface area contributed by atoms with Gasteiger partial charge in [-0.25, -0.2) is 4.79 Å². The number of para-hydroxylation sites is 2. The third-order valence-electron chi connectivity index (χ3n) is 4.32. The molecular weight excluding hydrogens is 332 g/mol. The lowest BCUT2D eigenvalue weighted by molar-refractivity contribution is 0.0144. The number of rotatable bonds is 11. The fourth-order valence-electron chi connectivity index (χ4n) is 2.94. The van der Waals surface area contributed by atoms with Crippen LogP contribution in [0.4, 0.5) is 10.5 Å². The van der Waals surface area contributed by atoms with Crippen LogP contribution >= 0.6 is 0 Å². The van der Waals surface area contributed by atoms with Gasteiger partial charge in [0.25, 0.3) is 0 Å². The molecular formula is C20H32N2O4. The number of nitrogens with one attached hydrogen (secondary N) is 1. The Balaban J connectivity index is 1.89. The van der Waals surface area contributed by atoms with Crippen LogP contribution in [0.25, 0.3) is 0 Å². The normalized spacial score (nSPS) is 15.6. The summed E-state index contributed by atoms with van der Waals surface area (Å²) in [5.41, 5.74) is 0.630. The predicted molar refractivity (Wildman–Crippen MR) is 103 cm³/mol. The number of ether oxygens (including phenoxy) is 3. The van der Waals surface area contributed by atoms with E-state index in [1.54, 1.807) is 0 Å². The van der Waals surface area contributed by atoms with Gasteiger partial charge >= 0.3 is 6.09 Å². The second-order valence-electron chi connectivity index (χ2n) is 6.52. The first-order chi connectivity index (χ1) is 12.7. The van der Waals surface area contributed by atoms with E-state index in [-0.39, 0.29) is 6.10 Å². The van der Waals surface area contributed by atoms with E-state index in [0.717, 1.165) is 25.9 Å². The minimum atomic E-state index is -0.472. The van der Waals surface area contributed by atoms with E-state index in [9.17, 15) is 4.79 Å². The van der Waals surface area contributed by atoms with Gasteiger partial charge in [0, 0.05) is 13.2 Å². The molecule has 0 aromatic heterocycles. The maximum absolute atomic E-state index is 12.4. The molecule has 1 aliphatic heterocycles. The van der Waals surface area contributed by atoms with E-state index >= 15 is 0 Å². The highest BCUT2D eigenvalue weighted by Gasteiger charge is 2.21. The Morgan fingerprint density at radius 3 is 2.73 bits per heavy atom. The molecule has 1 fully saturated rings. The summed E-state index contributed by atoms with van der Waals surface area (Å²) in [5.74, 6) is 0.666. The summed E-state index contributed by atoms with van der Waals surface area (Å²) in [6.07, 6.45) is 3.70. The average Bonchev–Trinajstić information content (AvgIpc) is 3.14. The van der Waals surface area contributed by atoms with Crippen molar-refractivity contribution in [3.05, 3.63) is 24.3 Å². The Morgan fingerprint density at radius 2 is 2.00 bits per heavy atom. The molecule has 1 unspecified atom stereocenters. The van der Waals surface area contributed by atoms with Crippen molar-refractivity contribution < 1.29 is 19.0 Å². The highest BCUT2D eigenvalue weighted by molar-refractivity contribution is 5.86. The Bertz CT molecular complexity index is 532. The fourth-order valence-corrected chi connectivity index (χ4v) is 2.94. The number of hydrogen-bond acceptors (Lipinski definition) is 5. The molecule has 0 saturated carbocycles. The van der Waals surface area contributed by atoms with Crippen molar-refractivity contribution >= 4 is 11.8 Å². The molecule has 1 atom stereocenters. The van der Waals surface area contributed by atoms with Gasteiger partial charge in [-0.3, -0.25) is 10.2 Å². The van der Waals surface area contributed by atoms with Crippen molar-refractivity contribution in [1.82, 2.24) is 4.90 Å². The summed E-state index contributed by atoms with van der Waals surface area (Å²) < 4.78 is 16.9. The van der Waals surface area contributed by atoms with E-state index in [4.69, 9.17) is 14.2 Å². The van der Waals surface area contributed by atoms with Gasteiger partial charge in [-0.15, -0.1) is 0 Å². The van der Waals surface area contributed by atoms with Crippen LogP contribution in [0.3, 0.4) is 0 Å². The van der Waals surface area contributed by atoms with Gasteiger partial charge in [-0.2, -0.15) is 0 Å². The van der Waals surface area contributed by atoms with E-state index in [0.29, 0.717) is 37.8 Å². The second-order valence-corrected chi connectivity index (χ2v) is 6.52. The zero-order valence-electron chi connectivity index (χ0n) is 16.0. The van der Waals surface area contributed by atoms with Crippen LogP contribution < -0.4 is 10.1 Å². The Hall–Kier alpha value is -1.79. The number of nitrogens with zero attached hydrogens (tertiary/aromatic N) is 1. The lowest BCUT2D eigenvalue weighted by atomic mass is 10.3. The largest absolute Gasteiger partial charge is 0.491 e. The topological polar surface area (TPSA) is 60.0 Å². The Labute approximate surface area is 156 Å². The third kappa shape index (κ3) is 7.22. The summed E-state index contributed by atoms with van der Waals surface area (Å²) >= 11 is 0. The van der Waals surface area contributed by atoms with E-state index in [1.807, 2.05) is 31.2 Å². The third-order valence-corrected chi connectivity index (χ3v) is 4.32. The molecule has 1 N–H and O–H groups in total.